The third-order valence-electron chi connectivity index (χ3n) is 3.14. The minimum atomic E-state index is -0.862. The topological polar surface area (TPSA) is 128 Å². The number of hydrogen-bond donors (Lipinski definition) is 2. The number of hydrogen-bond acceptors (Lipinski definition) is 6. The summed E-state index contributed by atoms with van der Waals surface area (Å²) in [5.41, 5.74) is 4.03. The van der Waals surface area contributed by atoms with Crippen molar-refractivity contribution in [2.75, 3.05) is 6.61 Å². The van der Waals surface area contributed by atoms with Crippen LogP contribution in [0.1, 0.15) is 20.7 Å². The lowest BCUT2D eigenvalue weighted by molar-refractivity contribution is -0.384. The van der Waals surface area contributed by atoms with Crippen LogP contribution in [0.4, 0.5) is 5.69 Å². The number of carbonyl (C=O) groups excluding carboxylic acids is 3. The highest BCUT2D eigenvalue weighted by Gasteiger charge is 2.15. The molecule has 0 atom stereocenters. The van der Waals surface area contributed by atoms with E-state index < -0.39 is 29.3 Å². The number of halogens is 2. The summed E-state index contributed by atoms with van der Waals surface area (Å²) in [6.45, 7) is -0.678. The third-order valence-corrected chi connectivity index (χ3v) is 3.70. The number of nitro groups is 1. The predicted molar refractivity (Wildman–Crippen MR) is 95.4 cm³/mol. The molecule has 0 radical (unpaired) electrons. The first-order chi connectivity index (χ1) is 12.8. The molecule has 0 fully saturated rings. The Kier molecular flexibility index (Phi) is 6.69. The molecule has 2 amide bonds. The van der Waals surface area contributed by atoms with E-state index in [-0.39, 0.29) is 26.9 Å². The summed E-state index contributed by atoms with van der Waals surface area (Å²) in [5, 5.41) is 10.9. The normalized spacial score (nSPS) is 10.0. The van der Waals surface area contributed by atoms with E-state index in [0.29, 0.717) is 0 Å². The van der Waals surface area contributed by atoms with Gasteiger partial charge in [0, 0.05) is 22.7 Å². The van der Waals surface area contributed by atoms with Crippen LogP contribution in [0.15, 0.2) is 42.5 Å². The van der Waals surface area contributed by atoms with Crippen molar-refractivity contribution in [3.63, 3.8) is 0 Å². The Morgan fingerprint density at radius 3 is 2.33 bits per heavy atom. The minimum Gasteiger partial charge on any atom is -0.452 e. The fourth-order valence-electron chi connectivity index (χ4n) is 1.83. The van der Waals surface area contributed by atoms with Crippen LogP contribution < -0.4 is 10.9 Å². The molecule has 2 aromatic rings. The number of esters is 1. The average Bonchev–Trinajstić information content (AvgIpc) is 2.66. The molecule has 2 rings (SSSR count). The summed E-state index contributed by atoms with van der Waals surface area (Å²) in [7, 11) is 0. The van der Waals surface area contributed by atoms with E-state index >= 15 is 0 Å². The van der Waals surface area contributed by atoms with E-state index in [1.807, 2.05) is 5.43 Å². The molecule has 0 unspecified atom stereocenters. The van der Waals surface area contributed by atoms with Crippen molar-refractivity contribution in [1.82, 2.24) is 10.9 Å². The second kappa shape index (κ2) is 8.97. The fourth-order valence-corrected chi connectivity index (χ4v) is 2.20. The van der Waals surface area contributed by atoms with Gasteiger partial charge in [0.2, 0.25) is 0 Å². The lowest BCUT2D eigenvalue weighted by atomic mass is 10.2. The molecule has 0 aliphatic heterocycles. The molecule has 27 heavy (non-hydrogen) atoms. The molecule has 0 aliphatic carbocycles. The fraction of sp³-hybridized carbons (Fsp3) is 0.0625. The Morgan fingerprint density at radius 1 is 1.04 bits per heavy atom. The number of nitrogens with zero attached hydrogens (tertiary/aromatic N) is 1. The Hall–Kier alpha value is -3.17. The van der Waals surface area contributed by atoms with E-state index in [1.165, 1.54) is 30.3 Å². The lowest BCUT2D eigenvalue weighted by Gasteiger charge is -2.09. The Bertz CT molecular complexity index is 902. The average molecular weight is 412 g/mol. The number of non-ortho nitro benzene ring substituents is 1. The van der Waals surface area contributed by atoms with Crippen LogP contribution in [0.25, 0.3) is 0 Å². The maximum absolute atomic E-state index is 11.9. The summed E-state index contributed by atoms with van der Waals surface area (Å²) in [4.78, 5) is 45.3. The monoisotopic (exact) mass is 411 g/mol. The zero-order valence-electron chi connectivity index (χ0n) is 13.4. The zero-order chi connectivity index (χ0) is 20.0. The number of ether oxygens (including phenoxy) is 1. The molecular formula is C16H11Cl2N3O6. The standard InChI is InChI=1S/C16H11Cl2N3O6/c17-10-3-6-13(18)12(7-10)16(24)27-8-14(22)19-20-15(23)9-1-4-11(5-2-9)21(25)26/h1-7H,8H2,(H,19,22)(H,20,23). The van der Waals surface area contributed by atoms with Gasteiger partial charge in [-0.25, -0.2) is 4.79 Å². The summed E-state index contributed by atoms with van der Waals surface area (Å²) in [5.74, 6) is -2.38. The van der Waals surface area contributed by atoms with Crippen molar-refractivity contribution < 1.29 is 24.0 Å². The van der Waals surface area contributed by atoms with E-state index in [1.54, 1.807) is 0 Å². The molecule has 2 N–H and O–H groups in total. The zero-order valence-corrected chi connectivity index (χ0v) is 14.9. The van der Waals surface area contributed by atoms with Gasteiger partial charge in [0.05, 0.1) is 15.5 Å². The number of nitro benzene ring substituents is 1. The third kappa shape index (κ3) is 5.66. The molecule has 0 aromatic heterocycles. The number of carbonyl (C=O) groups is 3. The van der Waals surface area contributed by atoms with Gasteiger partial charge in [-0.2, -0.15) is 0 Å². The second-order valence-electron chi connectivity index (χ2n) is 5.01. The van der Waals surface area contributed by atoms with Crippen molar-refractivity contribution in [3.05, 3.63) is 73.8 Å². The minimum absolute atomic E-state index is 0.00752. The number of nitrogens with one attached hydrogen (secondary N) is 2. The van der Waals surface area contributed by atoms with E-state index in [0.717, 1.165) is 12.1 Å². The molecule has 2 aromatic carbocycles. The molecule has 0 spiro atoms. The number of benzene rings is 2. The molecule has 0 saturated heterocycles. The van der Waals surface area contributed by atoms with Gasteiger partial charge >= 0.3 is 5.97 Å². The number of hydrazine groups is 1. The summed E-state index contributed by atoms with van der Waals surface area (Å²) < 4.78 is 4.79. The van der Waals surface area contributed by atoms with Crippen LogP contribution in [0.2, 0.25) is 10.0 Å². The van der Waals surface area contributed by atoms with Gasteiger partial charge in [-0.05, 0) is 30.3 Å². The van der Waals surface area contributed by atoms with Gasteiger partial charge in [0.25, 0.3) is 17.5 Å². The Morgan fingerprint density at radius 2 is 1.70 bits per heavy atom. The largest absolute Gasteiger partial charge is 0.452 e. The van der Waals surface area contributed by atoms with Crippen molar-refractivity contribution >= 4 is 46.7 Å². The first-order valence-electron chi connectivity index (χ1n) is 7.23. The van der Waals surface area contributed by atoms with Crippen LogP contribution in [0.3, 0.4) is 0 Å². The Balaban J connectivity index is 1.83. The van der Waals surface area contributed by atoms with E-state index in [4.69, 9.17) is 27.9 Å². The molecule has 140 valence electrons. The van der Waals surface area contributed by atoms with Crippen LogP contribution in [0.5, 0.6) is 0 Å². The molecular weight excluding hydrogens is 401 g/mol. The van der Waals surface area contributed by atoms with Crippen molar-refractivity contribution in [2.24, 2.45) is 0 Å². The van der Waals surface area contributed by atoms with Gasteiger partial charge in [0.1, 0.15) is 0 Å². The van der Waals surface area contributed by atoms with Gasteiger partial charge < -0.3 is 4.74 Å². The van der Waals surface area contributed by atoms with Gasteiger partial charge in [-0.15, -0.1) is 0 Å². The van der Waals surface area contributed by atoms with E-state index in [9.17, 15) is 24.5 Å². The molecule has 0 saturated carbocycles. The SMILES string of the molecule is O=C(COC(=O)c1cc(Cl)ccc1Cl)NNC(=O)c1ccc([N+](=O)[O-])cc1. The molecule has 0 aliphatic rings. The summed E-state index contributed by atoms with van der Waals surface area (Å²) in [6.07, 6.45) is 0. The van der Waals surface area contributed by atoms with Crippen molar-refractivity contribution in [3.8, 4) is 0 Å². The number of rotatable bonds is 5. The van der Waals surface area contributed by atoms with Crippen molar-refractivity contribution in [2.45, 2.75) is 0 Å². The summed E-state index contributed by atoms with van der Waals surface area (Å²) >= 11 is 11.6. The first kappa shape index (κ1) is 20.1. The smallest absolute Gasteiger partial charge is 0.340 e. The highest BCUT2D eigenvalue weighted by atomic mass is 35.5. The van der Waals surface area contributed by atoms with Gasteiger partial charge in [0.15, 0.2) is 6.61 Å². The predicted octanol–water partition coefficient (Wildman–Crippen LogP) is 2.52. The lowest BCUT2D eigenvalue weighted by Crippen LogP contribution is -2.43. The van der Waals surface area contributed by atoms with Crippen LogP contribution in [-0.2, 0) is 9.53 Å². The second-order valence-corrected chi connectivity index (χ2v) is 5.85. The van der Waals surface area contributed by atoms with Gasteiger partial charge in [-0.1, -0.05) is 23.2 Å². The Labute approximate surface area is 162 Å². The van der Waals surface area contributed by atoms with Crippen LogP contribution in [-0.4, -0.2) is 29.3 Å². The van der Waals surface area contributed by atoms with Crippen molar-refractivity contribution in [1.29, 1.82) is 0 Å². The highest BCUT2D eigenvalue weighted by Crippen LogP contribution is 2.21. The molecule has 0 heterocycles. The van der Waals surface area contributed by atoms with Crippen LogP contribution >= 0.6 is 23.2 Å². The highest BCUT2D eigenvalue weighted by molar-refractivity contribution is 6.35. The number of amides is 2. The molecule has 11 heteroatoms. The maximum atomic E-state index is 11.9. The van der Waals surface area contributed by atoms with E-state index in [2.05, 4.69) is 5.43 Å². The molecule has 0 bridgehead atoms. The van der Waals surface area contributed by atoms with Gasteiger partial charge in [-0.3, -0.25) is 30.6 Å². The first-order valence-corrected chi connectivity index (χ1v) is 7.99. The van der Waals surface area contributed by atoms with Crippen LogP contribution in [0, 0.1) is 10.1 Å². The maximum Gasteiger partial charge on any atom is 0.340 e. The summed E-state index contributed by atoms with van der Waals surface area (Å²) in [6, 6.07) is 8.93. The quantitative estimate of drug-likeness (QED) is 0.441. The molecule has 9 nitrogen and oxygen atoms in total.